The number of H-pyrrole nitrogens is 1. The number of nitrogens with one attached hydrogen (secondary N) is 2. The van der Waals surface area contributed by atoms with Crippen LogP contribution in [0.15, 0.2) is 42.6 Å². The molecule has 1 amide bonds. The molecule has 6 nitrogen and oxygen atoms in total. The van der Waals surface area contributed by atoms with E-state index >= 15 is 0 Å². The molecule has 1 unspecified atom stereocenters. The van der Waals surface area contributed by atoms with Gasteiger partial charge in [-0.25, -0.2) is 0 Å². The molecule has 0 fully saturated rings. The highest BCUT2D eigenvalue weighted by Crippen LogP contribution is 2.10. The van der Waals surface area contributed by atoms with Crippen molar-refractivity contribution in [3.63, 3.8) is 0 Å². The van der Waals surface area contributed by atoms with Gasteiger partial charge in [0.1, 0.15) is 0 Å². The standard InChI is InChI=1S/C19H28N4O2/c1-15(2)19(25)20-10-9-18(24)14-23(13-17-8-11-21-22-17)12-16-6-4-3-5-7-16/h3-8,11,15,18,24H,9-10,12-14H2,1-2H3,(H,20,25)(H,21,22). The van der Waals surface area contributed by atoms with Crippen molar-refractivity contribution < 1.29 is 9.90 Å². The van der Waals surface area contributed by atoms with Crippen LogP contribution >= 0.6 is 0 Å². The zero-order valence-electron chi connectivity index (χ0n) is 15.0. The predicted molar refractivity (Wildman–Crippen MR) is 97.6 cm³/mol. The second-order valence-corrected chi connectivity index (χ2v) is 6.63. The highest BCUT2D eigenvalue weighted by molar-refractivity contribution is 5.77. The third-order valence-electron chi connectivity index (χ3n) is 3.97. The second-order valence-electron chi connectivity index (χ2n) is 6.63. The number of aliphatic hydroxyl groups is 1. The van der Waals surface area contributed by atoms with Crippen LogP contribution in [0.2, 0.25) is 0 Å². The van der Waals surface area contributed by atoms with Gasteiger partial charge in [-0.05, 0) is 18.1 Å². The van der Waals surface area contributed by atoms with Crippen molar-refractivity contribution in [1.29, 1.82) is 0 Å². The number of carbonyl (C=O) groups is 1. The smallest absolute Gasteiger partial charge is 0.222 e. The van der Waals surface area contributed by atoms with Gasteiger partial charge in [0.05, 0.1) is 6.10 Å². The van der Waals surface area contributed by atoms with Gasteiger partial charge in [0.2, 0.25) is 5.91 Å². The molecule has 0 radical (unpaired) electrons. The van der Waals surface area contributed by atoms with Gasteiger partial charge < -0.3 is 10.4 Å². The molecule has 2 aromatic rings. The monoisotopic (exact) mass is 344 g/mol. The molecule has 0 saturated heterocycles. The Morgan fingerprint density at radius 3 is 2.64 bits per heavy atom. The number of rotatable bonds is 10. The number of amides is 1. The van der Waals surface area contributed by atoms with Crippen molar-refractivity contribution in [1.82, 2.24) is 20.4 Å². The topological polar surface area (TPSA) is 81.2 Å². The lowest BCUT2D eigenvalue weighted by Crippen LogP contribution is -2.35. The average Bonchev–Trinajstić information content (AvgIpc) is 3.08. The molecule has 25 heavy (non-hydrogen) atoms. The molecule has 0 spiro atoms. The van der Waals surface area contributed by atoms with Crippen molar-refractivity contribution in [2.24, 2.45) is 5.92 Å². The van der Waals surface area contributed by atoms with E-state index < -0.39 is 6.10 Å². The highest BCUT2D eigenvalue weighted by atomic mass is 16.3. The van der Waals surface area contributed by atoms with Crippen LogP contribution in [0.25, 0.3) is 0 Å². The van der Waals surface area contributed by atoms with E-state index in [0.717, 1.165) is 12.2 Å². The Labute approximate surface area is 149 Å². The molecule has 136 valence electrons. The van der Waals surface area contributed by atoms with E-state index in [-0.39, 0.29) is 11.8 Å². The molecular formula is C19H28N4O2. The Bertz CT molecular complexity index is 614. The SMILES string of the molecule is CC(C)C(=O)NCCC(O)CN(Cc1ccccc1)Cc1ccn[nH]1. The van der Waals surface area contributed by atoms with Crippen molar-refractivity contribution in [3.8, 4) is 0 Å². The van der Waals surface area contributed by atoms with Crippen molar-refractivity contribution in [3.05, 3.63) is 53.9 Å². The number of nitrogens with zero attached hydrogens (tertiary/aromatic N) is 2. The highest BCUT2D eigenvalue weighted by Gasteiger charge is 2.14. The minimum Gasteiger partial charge on any atom is -0.392 e. The van der Waals surface area contributed by atoms with Crippen LogP contribution in [0, 0.1) is 5.92 Å². The normalized spacial score (nSPS) is 12.5. The summed E-state index contributed by atoms with van der Waals surface area (Å²) in [6, 6.07) is 12.1. The number of benzene rings is 1. The van der Waals surface area contributed by atoms with E-state index in [1.54, 1.807) is 6.20 Å². The third kappa shape index (κ3) is 7.07. The Morgan fingerprint density at radius 2 is 2.00 bits per heavy atom. The van der Waals surface area contributed by atoms with Crippen LogP contribution in [0.3, 0.4) is 0 Å². The summed E-state index contributed by atoms with van der Waals surface area (Å²) in [5.74, 6) is -0.0158. The van der Waals surface area contributed by atoms with Gasteiger partial charge in [-0.2, -0.15) is 5.10 Å². The Kier molecular flexibility index (Phi) is 7.63. The largest absolute Gasteiger partial charge is 0.392 e. The van der Waals surface area contributed by atoms with Gasteiger partial charge in [0, 0.05) is 44.0 Å². The second kappa shape index (κ2) is 9.96. The minimum absolute atomic E-state index is 0.0193. The molecule has 0 saturated carbocycles. The first-order valence-corrected chi connectivity index (χ1v) is 8.75. The number of aromatic nitrogens is 2. The third-order valence-corrected chi connectivity index (χ3v) is 3.97. The molecule has 1 atom stereocenters. The van der Waals surface area contributed by atoms with Crippen LogP contribution in [0.1, 0.15) is 31.5 Å². The Balaban J connectivity index is 1.87. The summed E-state index contributed by atoms with van der Waals surface area (Å²) in [7, 11) is 0. The van der Waals surface area contributed by atoms with E-state index in [1.807, 2.05) is 38.1 Å². The van der Waals surface area contributed by atoms with Gasteiger partial charge in [-0.3, -0.25) is 14.8 Å². The van der Waals surface area contributed by atoms with E-state index in [0.29, 0.717) is 26.1 Å². The zero-order valence-corrected chi connectivity index (χ0v) is 15.0. The Hall–Kier alpha value is -2.18. The fraction of sp³-hybridized carbons (Fsp3) is 0.474. The van der Waals surface area contributed by atoms with E-state index in [4.69, 9.17) is 0 Å². The minimum atomic E-state index is -0.501. The maximum Gasteiger partial charge on any atom is 0.222 e. The molecule has 1 aromatic carbocycles. The number of carbonyl (C=O) groups excluding carboxylic acids is 1. The van der Waals surface area contributed by atoms with Gasteiger partial charge in [-0.1, -0.05) is 44.2 Å². The maximum atomic E-state index is 11.6. The first kappa shape index (κ1) is 19.1. The van der Waals surface area contributed by atoms with E-state index in [1.165, 1.54) is 5.56 Å². The average molecular weight is 344 g/mol. The van der Waals surface area contributed by atoms with Crippen molar-refractivity contribution in [2.75, 3.05) is 13.1 Å². The summed E-state index contributed by atoms with van der Waals surface area (Å²) in [6.45, 7) is 6.17. The van der Waals surface area contributed by atoms with Gasteiger partial charge in [0.25, 0.3) is 0 Å². The summed E-state index contributed by atoms with van der Waals surface area (Å²) < 4.78 is 0. The van der Waals surface area contributed by atoms with Crippen LogP contribution in [-0.4, -0.2) is 45.3 Å². The summed E-state index contributed by atoms with van der Waals surface area (Å²) in [5.41, 5.74) is 2.21. The van der Waals surface area contributed by atoms with Crippen LogP contribution in [0.5, 0.6) is 0 Å². The molecule has 0 aliphatic heterocycles. The molecule has 0 bridgehead atoms. The lowest BCUT2D eigenvalue weighted by atomic mass is 10.1. The zero-order chi connectivity index (χ0) is 18.1. The van der Waals surface area contributed by atoms with E-state index in [9.17, 15) is 9.90 Å². The summed E-state index contributed by atoms with van der Waals surface area (Å²) in [4.78, 5) is 13.8. The number of hydrogen-bond donors (Lipinski definition) is 3. The first-order valence-electron chi connectivity index (χ1n) is 8.75. The van der Waals surface area contributed by atoms with Crippen LogP contribution in [0.4, 0.5) is 0 Å². The predicted octanol–water partition coefficient (Wildman–Crippen LogP) is 1.94. The van der Waals surface area contributed by atoms with Gasteiger partial charge in [0.15, 0.2) is 0 Å². The van der Waals surface area contributed by atoms with Crippen molar-refractivity contribution >= 4 is 5.91 Å². The summed E-state index contributed by atoms with van der Waals surface area (Å²) >= 11 is 0. The fourth-order valence-electron chi connectivity index (χ4n) is 2.60. The first-order chi connectivity index (χ1) is 12.0. The number of aromatic amines is 1. The quantitative estimate of drug-likeness (QED) is 0.615. The summed E-state index contributed by atoms with van der Waals surface area (Å²) in [6.07, 6.45) is 1.76. The molecule has 2 rings (SSSR count). The number of hydrogen-bond acceptors (Lipinski definition) is 4. The van der Waals surface area contributed by atoms with Crippen molar-refractivity contribution in [2.45, 2.75) is 39.5 Å². The van der Waals surface area contributed by atoms with Crippen LogP contribution < -0.4 is 5.32 Å². The number of aliphatic hydroxyl groups excluding tert-OH is 1. The van der Waals surface area contributed by atoms with Gasteiger partial charge >= 0.3 is 0 Å². The Morgan fingerprint density at radius 1 is 1.24 bits per heavy atom. The molecule has 0 aliphatic carbocycles. The molecule has 1 heterocycles. The molecule has 0 aliphatic rings. The van der Waals surface area contributed by atoms with Crippen LogP contribution in [-0.2, 0) is 17.9 Å². The van der Waals surface area contributed by atoms with E-state index in [2.05, 4.69) is 32.5 Å². The van der Waals surface area contributed by atoms with Gasteiger partial charge in [-0.15, -0.1) is 0 Å². The lowest BCUT2D eigenvalue weighted by molar-refractivity contribution is -0.124. The molecule has 6 heteroatoms. The molecule has 3 N–H and O–H groups in total. The maximum absolute atomic E-state index is 11.6. The molecular weight excluding hydrogens is 316 g/mol. The molecule has 1 aromatic heterocycles. The fourth-order valence-corrected chi connectivity index (χ4v) is 2.60. The lowest BCUT2D eigenvalue weighted by Gasteiger charge is -2.25. The summed E-state index contributed by atoms with van der Waals surface area (Å²) in [5, 5.41) is 20.2.